The smallest absolute Gasteiger partial charge is 0.254 e. The summed E-state index contributed by atoms with van der Waals surface area (Å²) >= 11 is 0. The van der Waals surface area contributed by atoms with Crippen molar-refractivity contribution in [2.45, 2.75) is 19.9 Å². The van der Waals surface area contributed by atoms with Gasteiger partial charge in [-0.05, 0) is 13.8 Å². The van der Waals surface area contributed by atoms with Crippen molar-refractivity contribution in [1.29, 1.82) is 0 Å². The van der Waals surface area contributed by atoms with Crippen LogP contribution in [0.15, 0.2) is 48.9 Å². The Balaban J connectivity index is 1.72. The fourth-order valence-corrected chi connectivity index (χ4v) is 2.48. The number of carbonyl (C=O) groups excluding carboxylic acids is 1. The third-order valence-electron chi connectivity index (χ3n) is 4.03. The number of hydrogen-bond donors (Lipinski definition) is 1. The van der Waals surface area contributed by atoms with Crippen LogP contribution in [-0.2, 0) is 7.05 Å². The summed E-state index contributed by atoms with van der Waals surface area (Å²) in [5, 5.41) is 7.16. The monoisotopic (exact) mass is 321 g/mol. The summed E-state index contributed by atoms with van der Waals surface area (Å²) in [6.07, 6.45) is 4.87. The summed E-state index contributed by atoms with van der Waals surface area (Å²) in [5.74, 6) is 0.397. The van der Waals surface area contributed by atoms with Gasteiger partial charge in [0.05, 0.1) is 17.8 Å². The number of amides is 1. The van der Waals surface area contributed by atoms with Crippen LogP contribution in [-0.4, -0.2) is 25.7 Å². The van der Waals surface area contributed by atoms with Crippen LogP contribution >= 0.6 is 0 Å². The van der Waals surface area contributed by atoms with Gasteiger partial charge in [0.1, 0.15) is 0 Å². The molecule has 1 amide bonds. The van der Waals surface area contributed by atoms with Crippen LogP contribution in [0.1, 0.15) is 34.6 Å². The summed E-state index contributed by atoms with van der Waals surface area (Å²) in [4.78, 5) is 20.9. The minimum absolute atomic E-state index is 0.139. The van der Waals surface area contributed by atoms with Gasteiger partial charge in [0.25, 0.3) is 5.91 Å². The van der Waals surface area contributed by atoms with Crippen LogP contribution in [0.25, 0.3) is 11.4 Å². The van der Waals surface area contributed by atoms with E-state index in [0.717, 1.165) is 16.8 Å². The lowest BCUT2D eigenvalue weighted by Crippen LogP contribution is -2.27. The molecule has 1 aromatic carbocycles. The van der Waals surface area contributed by atoms with Crippen molar-refractivity contribution >= 4 is 5.91 Å². The van der Waals surface area contributed by atoms with Crippen molar-refractivity contribution in [3.63, 3.8) is 0 Å². The van der Waals surface area contributed by atoms with Crippen molar-refractivity contribution in [1.82, 2.24) is 25.1 Å². The van der Waals surface area contributed by atoms with Gasteiger partial charge in [0.15, 0.2) is 5.82 Å². The third kappa shape index (κ3) is 3.17. The Morgan fingerprint density at radius 3 is 2.38 bits per heavy atom. The number of nitrogens with zero attached hydrogens (tertiary/aromatic N) is 4. The zero-order valence-electron chi connectivity index (χ0n) is 13.9. The first-order valence-corrected chi connectivity index (χ1v) is 7.73. The Labute approximate surface area is 140 Å². The SMILES string of the molecule is Cc1c([C@@H](C)NC(=O)c2cnc(-c3ccccc3)nc2)cnn1C. The highest BCUT2D eigenvalue weighted by molar-refractivity contribution is 5.94. The minimum Gasteiger partial charge on any atom is -0.345 e. The molecule has 0 aliphatic carbocycles. The van der Waals surface area contributed by atoms with Gasteiger partial charge in [0, 0.05) is 36.3 Å². The van der Waals surface area contributed by atoms with Crippen LogP contribution < -0.4 is 5.32 Å². The van der Waals surface area contributed by atoms with Gasteiger partial charge in [-0.25, -0.2) is 9.97 Å². The molecule has 1 atom stereocenters. The van der Waals surface area contributed by atoms with E-state index in [9.17, 15) is 4.79 Å². The Kier molecular flexibility index (Phi) is 4.37. The minimum atomic E-state index is -0.203. The lowest BCUT2D eigenvalue weighted by atomic mass is 10.1. The van der Waals surface area contributed by atoms with Gasteiger partial charge < -0.3 is 5.32 Å². The number of nitrogens with one attached hydrogen (secondary N) is 1. The fourth-order valence-electron chi connectivity index (χ4n) is 2.48. The van der Waals surface area contributed by atoms with E-state index in [-0.39, 0.29) is 11.9 Å². The molecule has 24 heavy (non-hydrogen) atoms. The molecule has 2 aromatic heterocycles. The second-order valence-corrected chi connectivity index (χ2v) is 5.67. The molecule has 0 saturated carbocycles. The Hall–Kier alpha value is -3.02. The summed E-state index contributed by atoms with van der Waals surface area (Å²) in [5.41, 5.74) is 3.37. The molecule has 0 aliphatic rings. The predicted molar refractivity (Wildman–Crippen MR) is 91.3 cm³/mol. The van der Waals surface area contributed by atoms with Gasteiger partial charge in [-0.2, -0.15) is 5.10 Å². The van der Waals surface area contributed by atoms with Crippen LogP contribution in [0, 0.1) is 6.92 Å². The van der Waals surface area contributed by atoms with Gasteiger partial charge in [-0.15, -0.1) is 0 Å². The number of rotatable bonds is 4. The molecule has 0 bridgehead atoms. The van der Waals surface area contributed by atoms with Gasteiger partial charge in [0.2, 0.25) is 0 Å². The zero-order valence-corrected chi connectivity index (χ0v) is 13.9. The Morgan fingerprint density at radius 2 is 1.79 bits per heavy atom. The second-order valence-electron chi connectivity index (χ2n) is 5.67. The van der Waals surface area contributed by atoms with Crippen molar-refractivity contribution in [2.75, 3.05) is 0 Å². The van der Waals surface area contributed by atoms with E-state index in [1.54, 1.807) is 23.3 Å². The van der Waals surface area contributed by atoms with Crippen molar-refractivity contribution in [3.05, 3.63) is 65.7 Å². The number of aryl methyl sites for hydroxylation is 1. The molecular weight excluding hydrogens is 302 g/mol. The van der Waals surface area contributed by atoms with E-state index in [2.05, 4.69) is 20.4 Å². The molecule has 0 fully saturated rings. The maximum atomic E-state index is 12.4. The topological polar surface area (TPSA) is 72.7 Å². The molecule has 3 aromatic rings. The molecule has 6 heteroatoms. The first-order valence-electron chi connectivity index (χ1n) is 7.73. The molecular formula is C18H19N5O. The molecule has 0 spiro atoms. The van der Waals surface area contributed by atoms with E-state index in [1.165, 1.54) is 0 Å². The lowest BCUT2D eigenvalue weighted by molar-refractivity contribution is 0.0939. The molecule has 6 nitrogen and oxygen atoms in total. The molecule has 1 N–H and O–H groups in total. The molecule has 0 aliphatic heterocycles. The first-order chi connectivity index (χ1) is 11.6. The van der Waals surface area contributed by atoms with Crippen molar-refractivity contribution in [2.24, 2.45) is 7.05 Å². The number of carbonyl (C=O) groups is 1. The van der Waals surface area contributed by atoms with E-state index < -0.39 is 0 Å². The highest BCUT2D eigenvalue weighted by Crippen LogP contribution is 2.17. The quantitative estimate of drug-likeness (QED) is 0.802. The molecule has 3 rings (SSSR count). The maximum absolute atomic E-state index is 12.4. The van der Waals surface area contributed by atoms with E-state index in [1.807, 2.05) is 51.2 Å². The van der Waals surface area contributed by atoms with Crippen LogP contribution in [0.4, 0.5) is 0 Å². The van der Waals surface area contributed by atoms with E-state index in [0.29, 0.717) is 11.4 Å². The standard InChI is InChI=1S/C18H19N5O/c1-12(16-11-21-23(3)13(16)2)22-18(24)15-9-19-17(20-10-15)14-7-5-4-6-8-14/h4-12H,1-3H3,(H,22,24)/t12-/m1/s1. The van der Waals surface area contributed by atoms with E-state index >= 15 is 0 Å². The average molecular weight is 321 g/mol. The molecule has 0 saturated heterocycles. The third-order valence-corrected chi connectivity index (χ3v) is 4.03. The first kappa shape index (κ1) is 15.9. The summed E-state index contributed by atoms with van der Waals surface area (Å²) in [6, 6.07) is 9.52. The van der Waals surface area contributed by atoms with Gasteiger partial charge >= 0.3 is 0 Å². The molecule has 2 heterocycles. The van der Waals surface area contributed by atoms with Crippen molar-refractivity contribution in [3.8, 4) is 11.4 Å². The largest absolute Gasteiger partial charge is 0.345 e. The predicted octanol–water partition coefficient (Wildman–Crippen LogP) is 2.68. The number of benzene rings is 1. The molecule has 0 radical (unpaired) electrons. The average Bonchev–Trinajstić information content (AvgIpc) is 2.95. The van der Waals surface area contributed by atoms with Crippen LogP contribution in [0.5, 0.6) is 0 Å². The maximum Gasteiger partial charge on any atom is 0.254 e. The lowest BCUT2D eigenvalue weighted by Gasteiger charge is -2.13. The number of hydrogen-bond acceptors (Lipinski definition) is 4. The number of aromatic nitrogens is 4. The summed E-state index contributed by atoms with van der Waals surface area (Å²) in [6.45, 7) is 3.91. The zero-order chi connectivity index (χ0) is 17.1. The van der Waals surface area contributed by atoms with Crippen molar-refractivity contribution < 1.29 is 4.79 Å². The molecule has 0 unspecified atom stereocenters. The normalized spacial score (nSPS) is 12.0. The molecule has 122 valence electrons. The van der Waals surface area contributed by atoms with Crippen LogP contribution in [0.3, 0.4) is 0 Å². The Morgan fingerprint density at radius 1 is 1.12 bits per heavy atom. The summed E-state index contributed by atoms with van der Waals surface area (Å²) in [7, 11) is 1.88. The fraction of sp³-hybridized carbons (Fsp3) is 0.222. The highest BCUT2D eigenvalue weighted by Gasteiger charge is 2.16. The summed E-state index contributed by atoms with van der Waals surface area (Å²) < 4.78 is 1.79. The van der Waals surface area contributed by atoms with Gasteiger partial charge in [-0.1, -0.05) is 30.3 Å². The van der Waals surface area contributed by atoms with E-state index in [4.69, 9.17) is 0 Å². The second kappa shape index (κ2) is 6.62. The highest BCUT2D eigenvalue weighted by atomic mass is 16.1. The van der Waals surface area contributed by atoms with Crippen LogP contribution in [0.2, 0.25) is 0 Å². The van der Waals surface area contributed by atoms with Gasteiger partial charge in [-0.3, -0.25) is 9.48 Å². The Bertz CT molecular complexity index is 840.